The molecular formula is C16H21IN4O3. The van der Waals surface area contributed by atoms with E-state index >= 15 is 0 Å². The zero-order valence-corrected chi connectivity index (χ0v) is 16.1. The van der Waals surface area contributed by atoms with E-state index in [1.807, 2.05) is 20.0 Å². The van der Waals surface area contributed by atoms with E-state index < -0.39 is 5.60 Å². The number of fused-ring (bicyclic) bond motifs is 1. The third-order valence-electron chi connectivity index (χ3n) is 4.26. The Balaban J connectivity index is 1.85. The molecule has 7 nitrogen and oxygen atoms in total. The summed E-state index contributed by atoms with van der Waals surface area (Å²) in [5.74, 6) is 0.602. The summed E-state index contributed by atoms with van der Waals surface area (Å²) in [5.41, 5.74) is -0.449. The topological polar surface area (TPSA) is 88.6 Å². The molecule has 0 atom stereocenters. The van der Waals surface area contributed by atoms with Crippen LogP contribution < -0.4 is 10.9 Å². The Morgan fingerprint density at radius 3 is 2.79 bits per heavy atom. The summed E-state index contributed by atoms with van der Waals surface area (Å²) in [6.45, 7) is 5.63. The Morgan fingerprint density at radius 1 is 1.54 bits per heavy atom. The summed E-state index contributed by atoms with van der Waals surface area (Å²) in [7, 11) is 0. The third-order valence-corrected chi connectivity index (χ3v) is 4.85. The summed E-state index contributed by atoms with van der Waals surface area (Å²) in [6.07, 6.45) is 2.95. The van der Waals surface area contributed by atoms with Crippen molar-refractivity contribution in [2.24, 2.45) is 0 Å². The maximum Gasteiger partial charge on any atom is 0.291 e. The van der Waals surface area contributed by atoms with Crippen LogP contribution in [0.15, 0.2) is 17.1 Å². The molecule has 2 aromatic heterocycles. The molecule has 0 unspecified atom stereocenters. The van der Waals surface area contributed by atoms with Crippen molar-refractivity contribution in [1.29, 1.82) is 0 Å². The molecule has 0 radical (unpaired) electrons. The number of hydrogen-bond donors (Lipinski definition) is 2. The zero-order valence-electron chi connectivity index (χ0n) is 13.9. The number of hydrogen-bond acceptors (Lipinski definition) is 4. The van der Waals surface area contributed by atoms with Gasteiger partial charge in [-0.25, -0.2) is 4.68 Å². The summed E-state index contributed by atoms with van der Waals surface area (Å²) < 4.78 is 3.98. The monoisotopic (exact) mass is 444 g/mol. The molecule has 0 bridgehead atoms. The van der Waals surface area contributed by atoms with Gasteiger partial charge < -0.3 is 10.4 Å². The van der Waals surface area contributed by atoms with Gasteiger partial charge in [0.05, 0.1) is 5.60 Å². The van der Waals surface area contributed by atoms with Crippen molar-refractivity contribution in [3.8, 4) is 0 Å². The summed E-state index contributed by atoms with van der Waals surface area (Å²) in [4.78, 5) is 24.8. The molecule has 0 spiro atoms. The molecule has 1 amide bonds. The maximum atomic E-state index is 12.6. The molecule has 0 aromatic carbocycles. The molecule has 1 aliphatic rings. The highest BCUT2D eigenvalue weighted by Crippen LogP contribution is 2.31. The fourth-order valence-electron chi connectivity index (χ4n) is 3.15. The van der Waals surface area contributed by atoms with Gasteiger partial charge in [-0.3, -0.25) is 14.0 Å². The first-order valence-electron chi connectivity index (χ1n) is 7.96. The van der Waals surface area contributed by atoms with Crippen LogP contribution in [0.25, 0.3) is 5.52 Å². The molecule has 0 saturated heterocycles. The number of nitrogens with one attached hydrogen (secondary N) is 1. The Kier molecular flexibility index (Phi) is 4.45. The van der Waals surface area contributed by atoms with Crippen molar-refractivity contribution in [3.63, 3.8) is 0 Å². The number of carbonyl (C=O) groups is 1. The molecule has 1 fully saturated rings. The van der Waals surface area contributed by atoms with Crippen LogP contribution in [0.1, 0.15) is 45.4 Å². The number of aliphatic hydroxyl groups is 1. The second-order valence-corrected chi connectivity index (χ2v) is 8.30. The number of aromatic nitrogens is 3. The van der Waals surface area contributed by atoms with Crippen molar-refractivity contribution in [3.05, 3.63) is 32.0 Å². The van der Waals surface area contributed by atoms with Gasteiger partial charge in [0.25, 0.3) is 5.56 Å². The fourth-order valence-corrected chi connectivity index (χ4v) is 3.72. The Labute approximate surface area is 153 Å². The standard InChI is InChI=1S/C16H21IN4O3/c1-9(2)14-19-21(15(23)12-4-10(17)7-20(12)14)8-13(22)18-11-5-16(3,24)6-11/h4,7,9,11,24H,5-6,8H2,1-3H3,(H,18,22)/t11-,16+. The average Bonchev–Trinajstić information content (AvgIpc) is 2.81. The lowest BCUT2D eigenvalue weighted by molar-refractivity contribution is -0.125. The number of amides is 1. The lowest BCUT2D eigenvalue weighted by Crippen LogP contribution is -2.54. The van der Waals surface area contributed by atoms with E-state index in [1.165, 1.54) is 4.68 Å². The van der Waals surface area contributed by atoms with Crippen LogP contribution in [0.4, 0.5) is 0 Å². The Hall–Kier alpha value is -1.42. The summed E-state index contributed by atoms with van der Waals surface area (Å²) >= 11 is 2.16. The van der Waals surface area contributed by atoms with Crippen molar-refractivity contribution < 1.29 is 9.90 Å². The molecule has 8 heteroatoms. The molecule has 0 aliphatic heterocycles. The van der Waals surface area contributed by atoms with Crippen molar-refractivity contribution >= 4 is 34.0 Å². The predicted molar refractivity (Wildman–Crippen MR) is 98.0 cm³/mol. The highest BCUT2D eigenvalue weighted by molar-refractivity contribution is 14.1. The maximum absolute atomic E-state index is 12.6. The lowest BCUT2D eigenvalue weighted by Gasteiger charge is -2.41. The van der Waals surface area contributed by atoms with Crippen LogP contribution in [0, 0.1) is 3.57 Å². The minimum Gasteiger partial charge on any atom is -0.390 e. The molecule has 2 aromatic rings. The normalized spacial score (nSPS) is 23.5. The molecule has 24 heavy (non-hydrogen) atoms. The first-order chi connectivity index (χ1) is 11.2. The van der Waals surface area contributed by atoms with Gasteiger partial charge in [0, 0.05) is 21.7 Å². The first-order valence-corrected chi connectivity index (χ1v) is 9.04. The van der Waals surface area contributed by atoms with Crippen molar-refractivity contribution in [2.45, 2.75) is 57.7 Å². The van der Waals surface area contributed by atoms with Crippen LogP contribution >= 0.6 is 22.6 Å². The Morgan fingerprint density at radius 2 is 2.21 bits per heavy atom. The highest BCUT2D eigenvalue weighted by atomic mass is 127. The largest absolute Gasteiger partial charge is 0.390 e. The van der Waals surface area contributed by atoms with Gasteiger partial charge in [0.1, 0.15) is 17.9 Å². The molecule has 2 heterocycles. The van der Waals surface area contributed by atoms with Gasteiger partial charge in [-0.2, -0.15) is 5.10 Å². The predicted octanol–water partition coefficient (Wildman–Crippen LogP) is 1.25. The first kappa shape index (κ1) is 17.4. The zero-order chi connectivity index (χ0) is 17.6. The SMILES string of the molecule is CC(C)c1nn(CC(=O)N[C@H]2C[C@@](C)(O)C2)c(=O)c2cc(I)cn12. The summed E-state index contributed by atoms with van der Waals surface area (Å²) in [5, 5.41) is 17.0. The van der Waals surface area contributed by atoms with E-state index in [1.54, 1.807) is 17.4 Å². The van der Waals surface area contributed by atoms with Crippen LogP contribution in [-0.4, -0.2) is 36.8 Å². The third kappa shape index (κ3) is 3.34. The van der Waals surface area contributed by atoms with Crippen LogP contribution in [-0.2, 0) is 11.3 Å². The molecule has 2 N–H and O–H groups in total. The van der Waals surface area contributed by atoms with E-state index in [4.69, 9.17) is 0 Å². The van der Waals surface area contributed by atoms with Gasteiger partial charge in [-0.05, 0) is 48.4 Å². The minimum absolute atomic E-state index is 0.0363. The van der Waals surface area contributed by atoms with Gasteiger partial charge in [0.2, 0.25) is 5.91 Å². The fraction of sp³-hybridized carbons (Fsp3) is 0.562. The quantitative estimate of drug-likeness (QED) is 0.696. The van der Waals surface area contributed by atoms with Gasteiger partial charge >= 0.3 is 0 Å². The van der Waals surface area contributed by atoms with Crippen LogP contribution in [0.2, 0.25) is 0 Å². The van der Waals surface area contributed by atoms with E-state index in [0.717, 1.165) is 9.39 Å². The molecular weight excluding hydrogens is 423 g/mol. The van der Waals surface area contributed by atoms with Gasteiger partial charge in [-0.15, -0.1) is 0 Å². The summed E-state index contributed by atoms with van der Waals surface area (Å²) in [6, 6.07) is 1.76. The second kappa shape index (κ2) is 6.14. The number of halogens is 1. The van der Waals surface area contributed by atoms with Crippen molar-refractivity contribution in [1.82, 2.24) is 19.5 Å². The smallest absolute Gasteiger partial charge is 0.291 e. The molecule has 1 saturated carbocycles. The number of rotatable bonds is 4. The Bertz CT molecular complexity index is 845. The van der Waals surface area contributed by atoms with E-state index in [2.05, 4.69) is 33.0 Å². The van der Waals surface area contributed by atoms with E-state index in [9.17, 15) is 14.7 Å². The van der Waals surface area contributed by atoms with E-state index in [0.29, 0.717) is 18.4 Å². The van der Waals surface area contributed by atoms with E-state index in [-0.39, 0.29) is 30.0 Å². The van der Waals surface area contributed by atoms with Crippen LogP contribution in [0.5, 0.6) is 0 Å². The molecule has 130 valence electrons. The van der Waals surface area contributed by atoms with Crippen LogP contribution in [0.3, 0.4) is 0 Å². The van der Waals surface area contributed by atoms with Crippen molar-refractivity contribution in [2.75, 3.05) is 0 Å². The highest BCUT2D eigenvalue weighted by Gasteiger charge is 2.39. The molecule has 3 rings (SSSR count). The van der Waals surface area contributed by atoms with Gasteiger partial charge in [-0.1, -0.05) is 13.8 Å². The second-order valence-electron chi connectivity index (χ2n) is 7.06. The molecule has 1 aliphatic carbocycles. The number of nitrogens with zero attached hydrogens (tertiary/aromatic N) is 3. The lowest BCUT2D eigenvalue weighted by atomic mass is 9.77. The minimum atomic E-state index is -0.695. The van der Waals surface area contributed by atoms with Gasteiger partial charge in [0.15, 0.2) is 0 Å². The average molecular weight is 444 g/mol. The number of carbonyl (C=O) groups excluding carboxylic acids is 1.